The SMILES string of the molecule is Cc1ccc(O)c2[nH]c3c(N)cc(-c4cnccn4)cc3c12. The summed E-state index contributed by atoms with van der Waals surface area (Å²) in [6, 6.07) is 7.48. The van der Waals surface area contributed by atoms with Crippen molar-refractivity contribution in [3.05, 3.63) is 48.4 Å². The van der Waals surface area contributed by atoms with E-state index in [1.54, 1.807) is 24.7 Å². The molecule has 0 radical (unpaired) electrons. The molecular weight excluding hydrogens is 276 g/mol. The van der Waals surface area contributed by atoms with Crippen LogP contribution in [0, 0.1) is 6.92 Å². The van der Waals surface area contributed by atoms with Crippen molar-refractivity contribution in [3.63, 3.8) is 0 Å². The second kappa shape index (κ2) is 4.46. The third kappa shape index (κ3) is 1.72. The monoisotopic (exact) mass is 290 g/mol. The molecule has 5 nitrogen and oxygen atoms in total. The van der Waals surface area contributed by atoms with Crippen LogP contribution >= 0.6 is 0 Å². The molecule has 0 aliphatic heterocycles. The van der Waals surface area contributed by atoms with Crippen molar-refractivity contribution < 1.29 is 5.11 Å². The lowest BCUT2D eigenvalue weighted by Gasteiger charge is -2.04. The fraction of sp³-hybridized carbons (Fsp3) is 0.0588. The first-order chi connectivity index (χ1) is 10.6. The van der Waals surface area contributed by atoms with E-state index in [0.29, 0.717) is 11.2 Å². The molecule has 0 bridgehead atoms. The predicted octanol–water partition coefficient (Wildman–Crippen LogP) is 3.37. The Balaban J connectivity index is 2.13. The molecule has 0 saturated carbocycles. The van der Waals surface area contributed by atoms with Crippen LogP contribution in [0.1, 0.15) is 5.56 Å². The van der Waals surface area contributed by atoms with Crippen LogP contribution in [-0.2, 0) is 0 Å². The maximum atomic E-state index is 10.1. The zero-order valence-corrected chi connectivity index (χ0v) is 12.0. The van der Waals surface area contributed by atoms with Crippen molar-refractivity contribution in [2.45, 2.75) is 6.92 Å². The average Bonchev–Trinajstić information content (AvgIpc) is 2.93. The molecule has 0 amide bonds. The summed E-state index contributed by atoms with van der Waals surface area (Å²) in [6.07, 6.45) is 5.00. The quantitative estimate of drug-likeness (QED) is 0.469. The molecule has 2 aromatic carbocycles. The Hall–Kier alpha value is -3.08. The number of rotatable bonds is 1. The van der Waals surface area contributed by atoms with Gasteiger partial charge in [-0.05, 0) is 30.7 Å². The Morgan fingerprint density at radius 3 is 2.77 bits per heavy atom. The van der Waals surface area contributed by atoms with Crippen LogP contribution in [0.25, 0.3) is 33.1 Å². The molecule has 0 aliphatic carbocycles. The summed E-state index contributed by atoms with van der Waals surface area (Å²) in [6.45, 7) is 2.01. The van der Waals surface area contributed by atoms with Gasteiger partial charge in [0.15, 0.2) is 0 Å². The number of phenolic OH excluding ortho intramolecular Hbond substituents is 1. The van der Waals surface area contributed by atoms with Crippen LogP contribution in [0.5, 0.6) is 5.75 Å². The minimum absolute atomic E-state index is 0.220. The normalized spacial score (nSPS) is 11.3. The van der Waals surface area contributed by atoms with E-state index in [9.17, 15) is 5.11 Å². The van der Waals surface area contributed by atoms with Gasteiger partial charge < -0.3 is 15.8 Å². The van der Waals surface area contributed by atoms with E-state index in [-0.39, 0.29) is 5.75 Å². The van der Waals surface area contributed by atoms with Gasteiger partial charge in [0.2, 0.25) is 0 Å². The number of nitrogens with one attached hydrogen (secondary N) is 1. The van der Waals surface area contributed by atoms with Crippen molar-refractivity contribution in [1.29, 1.82) is 0 Å². The summed E-state index contributed by atoms with van der Waals surface area (Å²) >= 11 is 0. The molecule has 0 atom stereocenters. The molecule has 22 heavy (non-hydrogen) atoms. The van der Waals surface area contributed by atoms with E-state index >= 15 is 0 Å². The zero-order chi connectivity index (χ0) is 15.3. The van der Waals surface area contributed by atoms with E-state index in [2.05, 4.69) is 15.0 Å². The van der Waals surface area contributed by atoms with Crippen molar-refractivity contribution in [2.75, 3.05) is 5.73 Å². The lowest BCUT2D eigenvalue weighted by Crippen LogP contribution is -1.90. The molecule has 0 aliphatic rings. The smallest absolute Gasteiger partial charge is 0.139 e. The minimum Gasteiger partial charge on any atom is -0.506 e. The molecule has 2 aromatic heterocycles. The van der Waals surface area contributed by atoms with Gasteiger partial charge in [0, 0.05) is 28.7 Å². The van der Waals surface area contributed by atoms with Crippen LogP contribution in [0.4, 0.5) is 5.69 Å². The number of aromatic amines is 1. The van der Waals surface area contributed by atoms with E-state index in [1.807, 2.05) is 25.1 Å². The summed E-state index contributed by atoms with van der Waals surface area (Å²) in [5.41, 5.74) is 11.1. The number of aromatic nitrogens is 3. The van der Waals surface area contributed by atoms with Crippen LogP contribution in [-0.4, -0.2) is 20.1 Å². The molecule has 0 saturated heterocycles. The second-order valence-corrected chi connectivity index (χ2v) is 5.36. The molecule has 2 heterocycles. The van der Waals surface area contributed by atoms with Gasteiger partial charge in [-0.1, -0.05) is 6.07 Å². The number of nitrogen functional groups attached to an aromatic ring is 1. The van der Waals surface area contributed by atoms with E-state index in [0.717, 1.165) is 33.1 Å². The summed E-state index contributed by atoms with van der Waals surface area (Å²) in [5, 5.41) is 12.0. The number of fused-ring (bicyclic) bond motifs is 3. The van der Waals surface area contributed by atoms with E-state index < -0.39 is 0 Å². The number of aromatic hydroxyl groups is 1. The van der Waals surface area contributed by atoms with Gasteiger partial charge in [-0.15, -0.1) is 0 Å². The van der Waals surface area contributed by atoms with Crippen molar-refractivity contribution in [2.24, 2.45) is 0 Å². The second-order valence-electron chi connectivity index (χ2n) is 5.36. The first-order valence-corrected chi connectivity index (χ1v) is 6.95. The third-order valence-electron chi connectivity index (χ3n) is 3.94. The molecular formula is C17H14N4O. The molecule has 4 aromatic rings. The van der Waals surface area contributed by atoms with Crippen molar-refractivity contribution >= 4 is 27.5 Å². The summed E-state index contributed by atoms with van der Waals surface area (Å²) in [5.74, 6) is 0.220. The van der Waals surface area contributed by atoms with Gasteiger partial charge >= 0.3 is 0 Å². The Labute approximate surface area is 126 Å². The third-order valence-corrected chi connectivity index (χ3v) is 3.94. The number of aryl methyl sites for hydroxylation is 1. The Morgan fingerprint density at radius 1 is 1.14 bits per heavy atom. The molecule has 5 heteroatoms. The van der Waals surface area contributed by atoms with Gasteiger partial charge in [0.25, 0.3) is 0 Å². The predicted molar refractivity (Wildman–Crippen MR) is 87.6 cm³/mol. The lowest BCUT2D eigenvalue weighted by atomic mass is 10.0. The Morgan fingerprint density at radius 2 is 2.00 bits per heavy atom. The van der Waals surface area contributed by atoms with Gasteiger partial charge in [-0.2, -0.15) is 0 Å². The van der Waals surface area contributed by atoms with Crippen LogP contribution in [0.3, 0.4) is 0 Å². The number of phenols is 1. The number of hydrogen-bond donors (Lipinski definition) is 3. The number of nitrogens with two attached hydrogens (primary N) is 1. The molecule has 0 fully saturated rings. The Bertz CT molecular complexity index is 1010. The van der Waals surface area contributed by atoms with Crippen molar-refractivity contribution in [3.8, 4) is 17.0 Å². The van der Waals surface area contributed by atoms with Crippen LogP contribution < -0.4 is 5.73 Å². The van der Waals surface area contributed by atoms with E-state index in [1.165, 1.54) is 0 Å². The lowest BCUT2D eigenvalue weighted by molar-refractivity contribution is 0.480. The molecule has 0 spiro atoms. The highest BCUT2D eigenvalue weighted by Crippen LogP contribution is 2.37. The maximum Gasteiger partial charge on any atom is 0.139 e. The van der Waals surface area contributed by atoms with E-state index in [4.69, 9.17) is 5.73 Å². The highest BCUT2D eigenvalue weighted by molar-refractivity contribution is 6.14. The average molecular weight is 290 g/mol. The van der Waals surface area contributed by atoms with Gasteiger partial charge in [-0.3, -0.25) is 9.97 Å². The molecule has 108 valence electrons. The molecule has 0 unspecified atom stereocenters. The number of benzene rings is 2. The highest BCUT2D eigenvalue weighted by atomic mass is 16.3. The van der Waals surface area contributed by atoms with Gasteiger partial charge in [0.05, 0.1) is 28.6 Å². The molecule has 4 rings (SSSR count). The first-order valence-electron chi connectivity index (χ1n) is 6.95. The number of nitrogens with zero attached hydrogens (tertiary/aromatic N) is 2. The number of H-pyrrole nitrogens is 1. The van der Waals surface area contributed by atoms with Gasteiger partial charge in [-0.25, -0.2) is 0 Å². The summed E-state index contributed by atoms with van der Waals surface area (Å²) in [7, 11) is 0. The molecule has 4 N–H and O–H groups in total. The summed E-state index contributed by atoms with van der Waals surface area (Å²) in [4.78, 5) is 11.6. The van der Waals surface area contributed by atoms with Crippen LogP contribution in [0.2, 0.25) is 0 Å². The fourth-order valence-corrected chi connectivity index (χ4v) is 2.89. The number of hydrogen-bond acceptors (Lipinski definition) is 4. The minimum atomic E-state index is 0.220. The summed E-state index contributed by atoms with van der Waals surface area (Å²) < 4.78 is 0. The van der Waals surface area contributed by atoms with Crippen molar-refractivity contribution in [1.82, 2.24) is 15.0 Å². The zero-order valence-electron chi connectivity index (χ0n) is 12.0. The topological polar surface area (TPSA) is 87.8 Å². The largest absolute Gasteiger partial charge is 0.506 e. The Kier molecular flexibility index (Phi) is 2.56. The number of anilines is 1. The standard InChI is InChI=1S/C17H14N4O/c1-9-2-3-14(22)17-15(9)11-6-10(7-12(18)16(11)21-17)13-8-19-4-5-20-13/h2-8,21-22H,18H2,1H3. The maximum absolute atomic E-state index is 10.1. The fourth-order valence-electron chi connectivity index (χ4n) is 2.89. The first kappa shape index (κ1) is 12.6. The highest BCUT2D eigenvalue weighted by Gasteiger charge is 2.14. The van der Waals surface area contributed by atoms with Gasteiger partial charge in [0.1, 0.15) is 5.75 Å². The van der Waals surface area contributed by atoms with Crippen LogP contribution in [0.15, 0.2) is 42.9 Å².